The van der Waals surface area contributed by atoms with E-state index in [0.717, 1.165) is 20.9 Å². The van der Waals surface area contributed by atoms with E-state index in [1.807, 2.05) is 65.4 Å². The Labute approximate surface area is 119 Å². The van der Waals surface area contributed by atoms with Gasteiger partial charge in [0.05, 0.1) is 6.54 Å². The number of benzene rings is 2. The lowest BCUT2D eigenvalue weighted by Gasteiger charge is -2.04. The zero-order valence-electron chi connectivity index (χ0n) is 10.2. The molecule has 3 rings (SSSR count). The normalized spacial score (nSPS) is 10.8. The molecule has 2 nitrogen and oxygen atoms in total. The summed E-state index contributed by atoms with van der Waals surface area (Å²) in [5.74, 6) is 0.119. The van der Waals surface area contributed by atoms with Crippen molar-refractivity contribution < 1.29 is 4.79 Å². The number of halogens is 1. The van der Waals surface area contributed by atoms with Gasteiger partial charge in [0.2, 0.25) is 0 Å². The van der Waals surface area contributed by atoms with E-state index in [0.29, 0.717) is 6.54 Å². The Kier molecular flexibility index (Phi) is 3.22. The fraction of sp³-hybridized carbons (Fsp3) is 0.0625. The van der Waals surface area contributed by atoms with Crippen LogP contribution in [0, 0.1) is 0 Å². The molecule has 1 heterocycles. The van der Waals surface area contributed by atoms with Gasteiger partial charge >= 0.3 is 0 Å². The van der Waals surface area contributed by atoms with E-state index in [-0.39, 0.29) is 5.78 Å². The Balaban J connectivity index is 1.96. The SMILES string of the molecule is O=C(Cn1cc(Br)c2ccccc21)c1ccccc1. The van der Waals surface area contributed by atoms with Gasteiger partial charge in [0.15, 0.2) is 5.78 Å². The molecular formula is C16H12BrNO. The number of ketones is 1. The minimum Gasteiger partial charge on any atom is -0.338 e. The average Bonchev–Trinajstić information content (AvgIpc) is 2.77. The molecule has 1 aromatic heterocycles. The molecule has 0 amide bonds. The molecule has 0 aliphatic heterocycles. The van der Waals surface area contributed by atoms with Gasteiger partial charge in [-0.15, -0.1) is 0 Å². The predicted octanol–water partition coefficient (Wildman–Crippen LogP) is 4.29. The summed E-state index contributed by atoms with van der Waals surface area (Å²) < 4.78 is 3.00. The first-order valence-electron chi connectivity index (χ1n) is 6.07. The smallest absolute Gasteiger partial charge is 0.182 e. The number of para-hydroxylation sites is 1. The average molecular weight is 314 g/mol. The molecule has 0 saturated heterocycles. The van der Waals surface area contributed by atoms with Gasteiger partial charge in [0, 0.05) is 27.1 Å². The van der Waals surface area contributed by atoms with Gasteiger partial charge in [0.25, 0.3) is 0 Å². The van der Waals surface area contributed by atoms with Crippen molar-refractivity contribution in [1.82, 2.24) is 4.57 Å². The molecule has 0 fully saturated rings. The quantitative estimate of drug-likeness (QED) is 0.661. The molecule has 2 aromatic carbocycles. The molecule has 3 aromatic rings. The Bertz CT molecular complexity index is 731. The van der Waals surface area contributed by atoms with Crippen LogP contribution in [0.15, 0.2) is 65.3 Å². The van der Waals surface area contributed by atoms with Crippen molar-refractivity contribution in [3.8, 4) is 0 Å². The Morgan fingerprint density at radius 2 is 1.68 bits per heavy atom. The number of hydrogen-bond donors (Lipinski definition) is 0. The summed E-state index contributed by atoms with van der Waals surface area (Å²) in [5, 5.41) is 1.13. The highest BCUT2D eigenvalue weighted by molar-refractivity contribution is 9.10. The summed E-state index contributed by atoms with van der Waals surface area (Å²) in [5.41, 5.74) is 1.81. The van der Waals surface area contributed by atoms with Crippen LogP contribution in [-0.4, -0.2) is 10.4 Å². The number of Topliss-reactive ketones (excluding diaryl/α,β-unsaturated/α-hetero) is 1. The Hall–Kier alpha value is -1.87. The third-order valence-corrected chi connectivity index (χ3v) is 3.78. The van der Waals surface area contributed by atoms with Crippen LogP contribution in [0.5, 0.6) is 0 Å². The molecule has 0 N–H and O–H groups in total. The van der Waals surface area contributed by atoms with E-state index >= 15 is 0 Å². The molecule has 0 aliphatic rings. The fourth-order valence-electron chi connectivity index (χ4n) is 2.20. The number of carbonyl (C=O) groups excluding carboxylic acids is 1. The topological polar surface area (TPSA) is 22.0 Å². The highest BCUT2D eigenvalue weighted by Crippen LogP contribution is 2.26. The van der Waals surface area contributed by atoms with Crippen LogP contribution in [0.3, 0.4) is 0 Å². The van der Waals surface area contributed by atoms with Crippen molar-refractivity contribution in [2.24, 2.45) is 0 Å². The van der Waals surface area contributed by atoms with Crippen molar-refractivity contribution in [3.63, 3.8) is 0 Å². The molecule has 0 radical (unpaired) electrons. The molecule has 0 aliphatic carbocycles. The maximum atomic E-state index is 12.2. The van der Waals surface area contributed by atoms with Crippen LogP contribution in [0.2, 0.25) is 0 Å². The number of fused-ring (bicyclic) bond motifs is 1. The van der Waals surface area contributed by atoms with Crippen molar-refractivity contribution >= 4 is 32.6 Å². The number of hydrogen-bond acceptors (Lipinski definition) is 1. The first kappa shape index (κ1) is 12.2. The highest BCUT2D eigenvalue weighted by Gasteiger charge is 2.10. The molecule has 0 spiro atoms. The van der Waals surface area contributed by atoms with Crippen molar-refractivity contribution in [2.75, 3.05) is 0 Å². The summed E-state index contributed by atoms with van der Waals surface area (Å²) in [6.07, 6.45) is 1.96. The number of nitrogens with zero attached hydrogens (tertiary/aromatic N) is 1. The fourth-order valence-corrected chi connectivity index (χ4v) is 2.79. The lowest BCUT2D eigenvalue weighted by molar-refractivity contribution is 0.0973. The molecule has 3 heteroatoms. The van der Waals surface area contributed by atoms with Gasteiger partial charge in [-0.3, -0.25) is 4.79 Å². The van der Waals surface area contributed by atoms with Gasteiger partial charge in [-0.05, 0) is 22.0 Å². The van der Waals surface area contributed by atoms with Gasteiger partial charge in [0.1, 0.15) is 0 Å². The van der Waals surface area contributed by atoms with E-state index in [4.69, 9.17) is 0 Å². The van der Waals surface area contributed by atoms with Crippen LogP contribution in [0.25, 0.3) is 10.9 Å². The molecule has 0 saturated carbocycles. The first-order valence-corrected chi connectivity index (χ1v) is 6.86. The summed E-state index contributed by atoms with van der Waals surface area (Å²) in [6, 6.07) is 17.4. The number of aromatic nitrogens is 1. The predicted molar refractivity (Wildman–Crippen MR) is 80.4 cm³/mol. The maximum absolute atomic E-state index is 12.2. The molecule has 94 valence electrons. The van der Waals surface area contributed by atoms with E-state index in [1.54, 1.807) is 0 Å². The summed E-state index contributed by atoms with van der Waals surface area (Å²) in [6.45, 7) is 0.357. The van der Waals surface area contributed by atoms with Gasteiger partial charge in [-0.25, -0.2) is 0 Å². The highest BCUT2D eigenvalue weighted by atomic mass is 79.9. The van der Waals surface area contributed by atoms with Crippen molar-refractivity contribution in [3.05, 3.63) is 70.8 Å². The van der Waals surface area contributed by atoms with Crippen molar-refractivity contribution in [2.45, 2.75) is 6.54 Å². The van der Waals surface area contributed by atoms with Crippen LogP contribution >= 0.6 is 15.9 Å². The zero-order valence-corrected chi connectivity index (χ0v) is 11.8. The molecule has 0 atom stereocenters. The molecule has 19 heavy (non-hydrogen) atoms. The minimum atomic E-state index is 0.119. The van der Waals surface area contributed by atoms with Gasteiger partial charge < -0.3 is 4.57 Å². The summed E-state index contributed by atoms with van der Waals surface area (Å²) in [7, 11) is 0. The third-order valence-electron chi connectivity index (χ3n) is 3.15. The minimum absolute atomic E-state index is 0.119. The van der Waals surface area contributed by atoms with Crippen LogP contribution in [0.1, 0.15) is 10.4 Å². The summed E-state index contributed by atoms with van der Waals surface area (Å²) >= 11 is 3.53. The number of carbonyl (C=O) groups is 1. The van der Waals surface area contributed by atoms with E-state index in [1.165, 1.54) is 0 Å². The van der Waals surface area contributed by atoms with E-state index < -0.39 is 0 Å². The van der Waals surface area contributed by atoms with E-state index in [9.17, 15) is 4.79 Å². The van der Waals surface area contributed by atoms with Crippen molar-refractivity contribution in [1.29, 1.82) is 0 Å². The van der Waals surface area contributed by atoms with Crippen LogP contribution < -0.4 is 0 Å². The Morgan fingerprint density at radius 1 is 1.00 bits per heavy atom. The monoisotopic (exact) mass is 313 g/mol. The van der Waals surface area contributed by atoms with Crippen LogP contribution in [0.4, 0.5) is 0 Å². The lowest BCUT2D eigenvalue weighted by Crippen LogP contribution is -2.09. The molecule has 0 unspecified atom stereocenters. The van der Waals surface area contributed by atoms with E-state index in [2.05, 4.69) is 15.9 Å². The van der Waals surface area contributed by atoms with Crippen LogP contribution in [-0.2, 0) is 6.54 Å². The molecular weight excluding hydrogens is 302 g/mol. The second kappa shape index (κ2) is 5.02. The third kappa shape index (κ3) is 2.34. The largest absolute Gasteiger partial charge is 0.338 e. The second-order valence-electron chi connectivity index (χ2n) is 4.41. The zero-order chi connectivity index (χ0) is 13.2. The van der Waals surface area contributed by atoms with Gasteiger partial charge in [-0.2, -0.15) is 0 Å². The standard InChI is InChI=1S/C16H12BrNO/c17-14-10-18(15-9-5-4-8-13(14)15)11-16(19)12-6-2-1-3-7-12/h1-10H,11H2. The first-order chi connectivity index (χ1) is 9.25. The summed E-state index contributed by atoms with van der Waals surface area (Å²) in [4.78, 5) is 12.2. The second-order valence-corrected chi connectivity index (χ2v) is 5.27. The van der Waals surface area contributed by atoms with Gasteiger partial charge in [-0.1, -0.05) is 48.5 Å². The lowest BCUT2D eigenvalue weighted by atomic mass is 10.1. The Morgan fingerprint density at radius 3 is 2.47 bits per heavy atom. The maximum Gasteiger partial charge on any atom is 0.182 e. The molecule has 0 bridgehead atoms. The number of rotatable bonds is 3.